The minimum atomic E-state index is -0.119. The van der Waals surface area contributed by atoms with Gasteiger partial charge < -0.3 is 4.74 Å². The molecule has 0 atom stereocenters. The average molecular weight is 364 g/mol. The highest BCUT2D eigenvalue weighted by Crippen LogP contribution is 2.26. The third kappa shape index (κ3) is 3.52. The summed E-state index contributed by atoms with van der Waals surface area (Å²) in [7, 11) is 1.61. The fraction of sp³-hybridized carbons (Fsp3) is 0.235. The highest BCUT2D eigenvalue weighted by Gasteiger charge is 2.22. The number of benzene rings is 1. The van der Waals surface area contributed by atoms with Crippen LogP contribution in [0.4, 0.5) is 0 Å². The maximum absolute atomic E-state index is 11.8. The Morgan fingerprint density at radius 1 is 1.25 bits per heavy atom. The van der Waals surface area contributed by atoms with Gasteiger partial charge in [0, 0.05) is 18.9 Å². The van der Waals surface area contributed by atoms with Gasteiger partial charge in [-0.25, -0.2) is 9.99 Å². The second-order valence-corrected chi connectivity index (χ2v) is 6.22. The predicted molar refractivity (Wildman–Crippen MR) is 93.7 cm³/mol. The normalized spacial score (nSPS) is 13.3. The molecule has 1 amide bonds. The van der Waals surface area contributed by atoms with Gasteiger partial charge >= 0.3 is 0 Å². The van der Waals surface area contributed by atoms with Gasteiger partial charge in [-0.3, -0.25) is 4.79 Å². The number of rotatable bonds is 3. The quantitative estimate of drug-likeness (QED) is 0.781. The van der Waals surface area contributed by atoms with Crippen LogP contribution in [0.3, 0.4) is 0 Å². The molecule has 1 aliphatic heterocycles. The number of hydrogen-bond donors (Lipinski definition) is 0. The number of pyridine rings is 1. The summed E-state index contributed by atoms with van der Waals surface area (Å²) in [5.41, 5.74) is 3.62. The molecule has 0 aliphatic carbocycles. The number of nitrogens with zero attached hydrogens (tertiary/aromatic N) is 3. The van der Waals surface area contributed by atoms with Crippen molar-refractivity contribution in [1.82, 2.24) is 9.99 Å². The van der Waals surface area contributed by atoms with Gasteiger partial charge in [0.25, 0.3) is 0 Å². The van der Waals surface area contributed by atoms with E-state index in [-0.39, 0.29) is 5.91 Å². The van der Waals surface area contributed by atoms with Gasteiger partial charge in [-0.05, 0) is 41.5 Å². The summed E-state index contributed by atoms with van der Waals surface area (Å²) < 4.78 is 5.27. The van der Waals surface area contributed by atoms with Crippen molar-refractivity contribution in [1.29, 1.82) is 0 Å². The molecule has 0 bridgehead atoms. The van der Waals surface area contributed by atoms with Crippen LogP contribution in [-0.4, -0.2) is 28.7 Å². The van der Waals surface area contributed by atoms with E-state index in [1.54, 1.807) is 19.2 Å². The molecule has 1 aromatic carbocycles. The second-order valence-electron chi connectivity index (χ2n) is 5.44. The Labute approximate surface area is 149 Å². The van der Waals surface area contributed by atoms with E-state index in [0.29, 0.717) is 23.3 Å². The fourth-order valence-electron chi connectivity index (χ4n) is 2.63. The van der Waals surface area contributed by atoms with Crippen molar-refractivity contribution >= 4 is 34.8 Å². The number of methoxy groups -OCH3 is 1. The van der Waals surface area contributed by atoms with Crippen LogP contribution in [0, 0.1) is 0 Å². The van der Waals surface area contributed by atoms with Crippen molar-refractivity contribution in [3.63, 3.8) is 0 Å². The third-order valence-corrected chi connectivity index (χ3v) is 4.13. The summed E-state index contributed by atoms with van der Waals surface area (Å²) >= 11 is 11.9. The van der Waals surface area contributed by atoms with E-state index in [9.17, 15) is 4.79 Å². The van der Waals surface area contributed by atoms with Gasteiger partial charge in [0.15, 0.2) is 0 Å². The van der Waals surface area contributed by atoms with Crippen LogP contribution in [0.2, 0.25) is 10.3 Å². The smallest absolute Gasteiger partial charge is 0.239 e. The Balaban J connectivity index is 2.02. The molecule has 0 saturated heterocycles. The zero-order chi connectivity index (χ0) is 17.3. The van der Waals surface area contributed by atoms with Crippen LogP contribution in [0.25, 0.3) is 0 Å². The van der Waals surface area contributed by atoms with E-state index in [0.717, 1.165) is 28.2 Å². The van der Waals surface area contributed by atoms with Crippen LogP contribution >= 0.6 is 23.2 Å². The molecule has 0 unspecified atom stereocenters. The predicted octanol–water partition coefficient (Wildman–Crippen LogP) is 3.71. The molecule has 7 heteroatoms. The molecular formula is C17H15Cl2N3O2. The number of halogens is 2. The first-order chi connectivity index (χ1) is 11.5. The Morgan fingerprint density at radius 3 is 2.58 bits per heavy atom. The van der Waals surface area contributed by atoms with Gasteiger partial charge in [0.1, 0.15) is 16.1 Å². The van der Waals surface area contributed by atoms with Crippen molar-refractivity contribution in [2.24, 2.45) is 5.10 Å². The Hall–Kier alpha value is -2.11. The number of aromatic nitrogens is 1. The lowest BCUT2D eigenvalue weighted by molar-refractivity contribution is -0.129. The molecule has 2 heterocycles. The molecule has 0 N–H and O–H groups in total. The van der Waals surface area contributed by atoms with Crippen LogP contribution in [0.5, 0.6) is 5.75 Å². The molecule has 0 spiro atoms. The molecule has 3 rings (SSSR count). The molecule has 0 radical (unpaired) electrons. The summed E-state index contributed by atoms with van der Waals surface area (Å²) in [6, 6.07) is 9.24. The number of hydrazone groups is 1. The zero-order valence-electron chi connectivity index (χ0n) is 13.2. The summed E-state index contributed by atoms with van der Waals surface area (Å²) in [5.74, 6) is 0.625. The number of fused-ring (bicyclic) bond motifs is 1. The van der Waals surface area contributed by atoms with Crippen molar-refractivity contribution in [2.45, 2.75) is 19.9 Å². The van der Waals surface area contributed by atoms with Crippen molar-refractivity contribution in [2.75, 3.05) is 7.11 Å². The lowest BCUT2D eigenvalue weighted by Crippen LogP contribution is -2.30. The number of carbonyl (C=O) groups is 1. The maximum atomic E-state index is 11.8. The van der Waals surface area contributed by atoms with Gasteiger partial charge in [-0.15, -0.1) is 0 Å². The topological polar surface area (TPSA) is 54.8 Å². The number of ether oxygens (including phenoxy) is 1. The summed E-state index contributed by atoms with van der Waals surface area (Å²) in [4.78, 5) is 15.8. The molecule has 124 valence electrons. The first-order valence-electron chi connectivity index (χ1n) is 7.31. The third-order valence-electron chi connectivity index (χ3n) is 3.74. The average Bonchev–Trinajstić information content (AvgIpc) is 2.53. The van der Waals surface area contributed by atoms with Crippen LogP contribution in [0.1, 0.15) is 23.6 Å². The molecule has 2 aromatic rings. The van der Waals surface area contributed by atoms with E-state index < -0.39 is 0 Å². The highest BCUT2D eigenvalue weighted by atomic mass is 35.5. The second kappa shape index (κ2) is 6.79. The summed E-state index contributed by atoms with van der Waals surface area (Å²) in [6.45, 7) is 1.91. The van der Waals surface area contributed by atoms with E-state index in [2.05, 4.69) is 10.1 Å². The zero-order valence-corrected chi connectivity index (χ0v) is 14.7. The Morgan fingerprint density at radius 2 is 1.96 bits per heavy atom. The molecule has 24 heavy (non-hydrogen) atoms. The lowest BCUT2D eigenvalue weighted by Gasteiger charge is -2.25. The van der Waals surface area contributed by atoms with Gasteiger partial charge in [-0.2, -0.15) is 5.10 Å². The standard InChI is InChI=1S/C17H15Cl2N3O2/c1-10(23)22-9-12-8-13(24-2)3-4-14(12)15(21-22)5-11-6-16(18)20-17(19)7-11/h3-4,6-8H,5,9H2,1-2H3. The molecular weight excluding hydrogens is 349 g/mol. The summed E-state index contributed by atoms with van der Waals surface area (Å²) in [5, 5.41) is 6.58. The number of carbonyl (C=O) groups excluding carboxylic acids is 1. The fourth-order valence-corrected chi connectivity index (χ4v) is 3.13. The SMILES string of the molecule is COc1ccc2c(c1)CN(C(C)=O)N=C2Cc1cc(Cl)nc(Cl)c1. The summed E-state index contributed by atoms with van der Waals surface area (Å²) in [6.07, 6.45) is 0.491. The van der Waals surface area contributed by atoms with E-state index >= 15 is 0 Å². The minimum absolute atomic E-state index is 0.119. The largest absolute Gasteiger partial charge is 0.497 e. The maximum Gasteiger partial charge on any atom is 0.239 e. The highest BCUT2D eigenvalue weighted by molar-refractivity contribution is 6.32. The Kier molecular flexibility index (Phi) is 4.73. The van der Waals surface area contributed by atoms with Gasteiger partial charge in [0.2, 0.25) is 5.91 Å². The van der Waals surface area contributed by atoms with E-state index in [1.807, 2.05) is 18.2 Å². The van der Waals surface area contributed by atoms with Gasteiger partial charge in [0.05, 0.1) is 19.4 Å². The number of amides is 1. The van der Waals surface area contributed by atoms with Crippen LogP contribution in [0.15, 0.2) is 35.4 Å². The van der Waals surface area contributed by atoms with Crippen LogP contribution in [-0.2, 0) is 17.8 Å². The van der Waals surface area contributed by atoms with Crippen LogP contribution < -0.4 is 4.74 Å². The van der Waals surface area contributed by atoms with Crippen molar-refractivity contribution < 1.29 is 9.53 Å². The minimum Gasteiger partial charge on any atom is -0.497 e. The first kappa shape index (κ1) is 16.7. The lowest BCUT2D eigenvalue weighted by atomic mass is 9.96. The molecule has 5 nitrogen and oxygen atoms in total. The molecule has 0 saturated carbocycles. The molecule has 1 aliphatic rings. The monoisotopic (exact) mass is 363 g/mol. The van der Waals surface area contributed by atoms with Crippen molar-refractivity contribution in [3.8, 4) is 5.75 Å². The number of hydrogen-bond acceptors (Lipinski definition) is 4. The van der Waals surface area contributed by atoms with E-state index in [1.165, 1.54) is 11.9 Å². The van der Waals surface area contributed by atoms with Crippen molar-refractivity contribution in [3.05, 3.63) is 57.3 Å². The molecule has 0 fully saturated rings. The van der Waals surface area contributed by atoms with Gasteiger partial charge in [-0.1, -0.05) is 23.2 Å². The van der Waals surface area contributed by atoms with E-state index in [4.69, 9.17) is 27.9 Å². The Bertz CT molecular complexity index is 816. The first-order valence-corrected chi connectivity index (χ1v) is 8.06. The molecule has 1 aromatic heterocycles.